The van der Waals surface area contributed by atoms with E-state index in [-0.39, 0.29) is 0 Å². The largest absolute Gasteiger partial charge is 0.197 e. The van der Waals surface area contributed by atoms with E-state index in [1.54, 1.807) is 12.3 Å². The van der Waals surface area contributed by atoms with Gasteiger partial charge < -0.3 is 0 Å². The number of aromatic nitrogens is 3. The Labute approximate surface area is 77.9 Å². The smallest absolute Gasteiger partial charge is 0.108 e. The zero-order valence-electron chi connectivity index (χ0n) is 7.91. The van der Waals surface area contributed by atoms with Gasteiger partial charge in [-0.2, -0.15) is 15.4 Å². The Bertz CT molecular complexity index is 331. The topological polar surface area (TPSA) is 41.6 Å². The van der Waals surface area contributed by atoms with Crippen molar-refractivity contribution in [3.05, 3.63) is 42.3 Å². The monoisotopic (exact) mass is 175 g/mol. The highest BCUT2D eigenvalue weighted by Crippen LogP contribution is 2.11. The quantitative estimate of drug-likeness (QED) is 0.716. The molecule has 13 heavy (non-hydrogen) atoms. The molecule has 0 fully saturated rings. The lowest BCUT2D eigenvalue weighted by molar-refractivity contribution is 0.935. The van der Waals surface area contributed by atoms with Crippen LogP contribution in [0.2, 0.25) is 0 Å². The number of nitrogens with zero attached hydrogens (tertiary/aromatic N) is 2. The van der Waals surface area contributed by atoms with E-state index in [2.05, 4.69) is 22.0 Å². The Morgan fingerprint density at radius 3 is 2.85 bits per heavy atom. The third kappa shape index (κ3) is 2.71. The summed E-state index contributed by atoms with van der Waals surface area (Å²) in [6.07, 6.45) is 7.46. The third-order valence-electron chi connectivity index (χ3n) is 1.64. The van der Waals surface area contributed by atoms with Crippen LogP contribution >= 0.6 is 0 Å². The summed E-state index contributed by atoms with van der Waals surface area (Å²) in [4.78, 5) is 0. The standard InChI is InChI=1S/C10H13N3/c1-4-5-8(2)6-9(3)10-7-11-13-12-10/h4-7H,1H2,2-3H3,(H,11,12,13)/b8-5+,9-6+. The summed E-state index contributed by atoms with van der Waals surface area (Å²) in [5.41, 5.74) is 3.11. The predicted octanol–water partition coefficient (Wildman–Crippen LogP) is 2.34. The van der Waals surface area contributed by atoms with E-state index < -0.39 is 0 Å². The molecule has 0 saturated carbocycles. The molecule has 0 aliphatic carbocycles. The molecule has 3 nitrogen and oxygen atoms in total. The number of nitrogens with one attached hydrogen (secondary N) is 1. The van der Waals surface area contributed by atoms with Crippen LogP contribution in [0.5, 0.6) is 0 Å². The van der Waals surface area contributed by atoms with Gasteiger partial charge in [-0.05, 0) is 19.4 Å². The molecule has 68 valence electrons. The highest BCUT2D eigenvalue weighted by molar-refractivity contribution is 5.62. The van der Waals surface area contributed by atoms with E-state index in [9.17, 15) is 0 Å². The molecule has 1 heterocycles. The lowest BCUT2D eigenvalue weighted by atomic mass is 10.1. The van der Waals surface area contributed by atoms with E-state index in [1.165, 1.54) is 0 Å². The highest BCUT2D eigenvalue weighted by atomic mass is 15.3. The summed E-state index contributed by atoms with van der Waals surface area (Å²) >= 11 is 0. The Morgan fingerprint density at radius 2 is 2.31 bits per heavy atom. The zero-order chi connectivity index (χ0) is 9.68. The molecule has 0 unspecified atom stereocenters. The first-order chi connectivity index (χ1) is 6.24. The van der Waals surface area contributed by atoms with Gasteiger partial charge in [-0.3, -0.25) is 0 Å². The first kappa shape index (κ1) is 9.45. The van der Waals surface area contributed by atoms with Crippen molar-refractivity contribution in [2.45, 2.75) is 13.8 Å². The van der Waals surface area contributed by atoms with Crippen LogP contribution in [0.25, 0.3) is 5.57 Å². The van der Waals surface area contributed by atoms with Gasteiger partial charge in [-0.1, -0.05) is 30.4 Å². The van der Waals surface area contributed by atoms with Crippen LogP contribution in [-0.2, 0) is 0 Å². The lowest BCUT2D eigenvalue weighted by Crippen LogP contribution is -1.80. The minimum Gasteiger partial charge on any atom is -0.197 e. The summed E-state index contributed by atoms with van der Waals surface area (Å²) in [7, 11) is 0. The molecule has 1 N–H and O–H groups in total. The van der Waals surface area contributed by atoms with Crippen molar-refractivity contribution in [1.82, 2.24) is 15.4 Å². The predicted molar refractivity (Wildman–Crippen MR) is 54.0 cm³/mol. The normalized spacial score (nSPS) is 13.1. The third-order valence-corrected chi connectivity index (χ3v) is 1.64. The van der Waals surface area contributed by atoms with Gasteiger partial charge in [0.25, 0.3) is 0 Å². The van der Waals surface area contributed by atoms with Crippen molar-refractivity contribution in [3.63, 3.8) is 0 Å². The molecule has 3 heteroatoms. The number of H-pyrrole nitrogens is 1. The van der Waals surface area contributed by atoms with Gasteiger partial charge in [0.05, 0.1) is 6.20 Å². The van der Waals surface area contributed by atoms with Crippen LogP contribution in [0.4, 0.5) is 0 Å². The molecular weight excluding hydrogens is 162 g/mol. The maximum atomic E-state index is 3.97. The Hall–Kier alpha value is -1.64. The van der Waals surface area contributed by atoms with E-state index in [1.807, 2.05) is 26.0 Å². The molecule has 0 spiro atoms. The van der Waals surface area contributed by atoms with E-state index >= 15 is 0 Å². The second kappa shape index (κ2) is 4.40. The van der Waals surface area contributed by atoms with E-state index in [0.29, 0.717) is 0 Å². The molecular formula is C10H13N3. The van der Waals surface area contributed by atoms with Crippen LogP contribution in [0.3, 0.4) is 0 Å². The minimum atomic E-state index is 0.872. The molecule has 1 rings (SSSR count). The average Bonchev–Trinajstić information content (AvgIpc) is 2.55. The number of rotatable bonds is 3. The van der Waals surface area contributed by atoms with Gasteiger partial charge >= 0.3 is 0 Å². The van der Waals surface area contributed by atoms with Crippen molar-refractivity contribution >= 4 is 5.57 Å². The number of hydrogen-bond acceptors (Lipinski definition) is 2. The van der Waals surface area contributed by atoms with Crippen molar-refractivity contribution in [3.8, 4) is 0 Å². The van der Waals surface area contributed by atoms with Gasteiger partial charge in [-0.25, -0.2) is 0 Å². The van der Waals surface area contributed by atoms with Gasteiger partial charge in [0.15, 0.2) is 0 Å². The van der Waals surface area contributed by atoms with Gasteiger partial charge in [0.2, 0.25) is 0 Å². The van der Waals surface area contributed by atoms with Crippen LogP contribution in [0, 0.1) is 0 Å². The number of allylic oxidation sites excluding steroid dienone is 5. The van der Waals surface area contributed by atoms with Crippen molar-refractivity contribution in [2.75, 3.05) is 0 Å². The van der Waals surface area contributed by atoms with Crippen LogP contribution in [0.1, 0.15) is 19.5 Å². The van der Waals surface area contributed by atoms with E-state index in [0.717, 1.165) is 16.8 Å². The second-order valence-electron chi connectivity index (χ2n) is 2.83. The number of aromatic amines is 1. The fourth-order valence-electron chi connectivity index (χ4n) is 1.04. The maximum absolute atomic E-state index is 3.97. The molecule has 1 aromatic heterocycles. The first-order valence-corrected chi connectivity index (χ1v) is 4.08. The van der Waals surface area contributed by atoms with E-state index in [4.69, 9.17) is 0 Å². The van der Waals surface area contributed by atoms with Crippen LogP contribution < -0.4 is 0 Å². The van der Waals surface area contributed by atoms with Crippen molar-refractivity contribution in [2.24, 2.45) is 0 Å². The molecule has 0 radical (unpaired) electrons. The van der Waals surface area contributed by atoms with Crippen molar-refractivity contribution in [1.29, 1.82) is 0 Å². The molecule has 0 amide bonds. The highest BCUT2D eigenvalue weighted by Gasteiger charge is 1.97. The summed E-state index contributed by atoms with van der Waals surface area (Å²) < 4.78 is 0. The summed E-state index contributed by atoms with van der Waals surface area (Å²) in [6, 6.07) is 0. The zero-order valence-corrected chi connectivity index (χ0v) is 7.91. The Morgan fingerprint density at radius 1 is 1.54 bits per heavy atom. The minimum absolute atomic E-state index is 0.872. The molecule has 0 aliphatic rings. The molecule has 0 atom stereocenters. The SMILES string of the molecule is C=C/C=C(C)/C=C(\C)c1cn[nH]n1. The first-order valence-electron chi connectivity index (χ1n) is 4.08. The molecule has 0 saturated heterocycles. The summed E-state index contributed by atoms with van der Waals surface area (Å²) in [5, 5.41) is 10.3. The fraction of sp³-hybridized carbons (Fsp3) is 0.200. The Kier molecular flexibility index (Phi) is 3.20. The second-order valence-corrected chi connectivity index (χ2v) is 2.83. The molecule has 0 aliphatic heterocycles. The fourth-order valence-corrected chi connectivity index (χ4v) is 1.04. The maximum Gasteiger partial charge on any atom is 0.108 e. The van der Waals surface area contributed by atoms with Crippen LogP contribution in [0.15, 0.2) is 36.6 Å². The van der Waals surface area contributed by atoms with Crippen molar-refractivity contribution < 1.29 is 0 Å². The van der Waals surface area contributed by atoms with Gasteiger partial charge in [-0.15, -0.1) is 0 Å². The van der Waals surface area contributed by atoms with Gasteiger partial charge in [0.1, 0.15) is 5.69 Å². The summed E-state index contributed by atoms with van der Waals surface area (Å²) in [5.74, 6) is 0. The Balaban J connectivity index is 2.84. The molecule has 0 aromatic carbocycles. The average molecular weight is 175 g/mol. The van der Waals surface area contributed by atoms with Crippen LogP contribution in [-0.4, -0.2) is 15.4 Å². The summed E-state index contributed by atoms with van der Waals surface area (Å²) in [6.45, 7) is 7.65. The molecule has 1 aromatic rings. The molecule has 0 bridgehead atoms. The lowest BCUT2D eigenvalue weighted by Gasteiger charge is -1.94. The number of hydrogen-bond donors (Lipinski definition) is 1. The van der Waals surface area contributed by atoms with Gasteiger partial charge in [0, 0.05) is 0 Å².